The molecule has 0 aliphatic carbocycles. The van der Waals surface area contributed by atoms with Crippen LogP contribution in [0.2, 0.25) is 0 Å². The Morgan fingerprint density at radius 1 is 1.07 bits per heavy atom. The van der Waals surface area contributed by atoms with Gasteiger partial charge < -0.3 is 9.80 Å². The van der Waals surface area contributed by atoms with Gasteiger partial charge in [-0.1, -0.05) is 31.5 Å². The lowest BCUT2D eigenvalue weighted by Crippen LogP contribution is -2.29. The molecule has 142 valence electrons. The van der Waals surface area contributed by atoms with Crippen LogP contribution in [0.5, 0.6) is 0 Å². The van der Waals surface area contributed by atoms with E-state index < -0.39 is 0 Å². The molecule has 0 saturated heterocycles. The second-order valence-corrected chi connectivity index (χ2v) is 7.51. The minimum atomic E-state index is 0.920. The first kappa shape index (κ1) is 17.8. The van der Waals surface area contributed by atoms with Crippen molar-refractivity contribution in [1.29, 1.82) is 0 Å². The Morgan fingerprint density at radius 3 is 2.59 bits per heavy atom. The quantitative estimate of drug-likeness (QED) is 0.638. The smallest absolute Gasteiger partial charge is 0.159 e. The third-order valence-corrected chi connectivity index (χ3v) is 5.39. The summed E-state index contributed by atoms with van der Waals surface area (Å²) in [5, 5.41) is 4.58. The molecule has 5 nitrogen and oxygen atoms in total. The van der Waals surface area contributed by atoms with Crippen LogP contribution in [0.4, 0.5) is 17.3 Å². The van der Waals surface area contributed by atoms with Gasteiger partial charge >= 0.3 is 0 Å². The SMILES string of the molecule is CCCN(CCC)c1c(C)c(N2CCc3cc(C)ccc32)nc2ccnn12. The van der Waals surface area contributed by atoms with Crippen molar-refractivity contribution in [2.24, 2.45) is 0 Å². The molecule has 27 heavy (non-hydrogen) atoms. The zero-order valence-corrected chi connectivity index (χ0v) is 16.9. The maximum absolute atomic E-state index is 5.00. The summed E-state index contributed by atoms with van der Waals surface area (Å²) in [6, 6.07) is 8.76. The Hall–Kier alpha value is -2.56. The summed E-state index contributed by atoms with van der Waals surface area (Å²) in [7, 11) is 0. The average Bonchev–Trinajstić information content (AvgIpc) is 3.27. The molecule has 1 aliphatic heterocycles. The van der Waals surface area contributed by atoms with E-state index in [1.165, 1.54) is 28.2 Å². The fourth-order valence-corrected chi connectivity index (χ4v) is 4.24. The summed E-state index contributed by atoms with van der Waals surface area (Å²) in [4.78, 5) is 9.85. The van der Waals surface area contributed by atoms with Crippen LogP contribution < -0.4 is 9.80 Å². The zero-order chi connectivity index (χ0) is 19.0. The van der Waals surface area contributed by atoms with Gasteiger partial charge in [-0.05, 0) is 44.7 Å². The van der Waals surface area contributed by atoms with Crippen molar-refractivity contribution in [3.05, 3.63) is 47.2 Å². The summed E-state index contributed by atoms with van der Waals surface area (Å²) in [5.74, 6) is 2.25. The molecule has 0 spiro atoms. The Morgan fingerprint density at radius 2 is 1.85 bits per heavy atom. The number of benzene rings is 1. The maximum Gasteiger partial charge on any atom is 0.159 e. The predicted molar refractivity (Wildman–Crippen MR) is 112 cm³/mol. The van der Waals surface area contributed by atoms with E-state index in [0.717, 1.165) is 50.4 Å². The van der Waals surface area contributed by atoms with Crippen molar-refractivity contribution >= 4 is 23.0 Å². The molecule has 2 aromatic heterocycles. The van der Waals surface area contributed by atoms with Gasteiger partial charge in [-0.25, -0.2) is 4.98 Å². The number of hydrogen-bond acceptors (Lipinski definition) is 4. The monoisotopic (exact) mass is 363 g/mol. The Kier molecular flexibility index (Phi) is 4.77. The van der Waals surface area contributed by atoms with Gasteiger partial charge in [0, 0.05) is 37.0 Å². The molecule has 3 heterocycles. The van der Waals surface area contributed by atoms with E-state index in [1.807, 2.05) is 16.8 Å². The van der Waals surface area contributed by atoms with E-state index >= 15 is 0 Å². The lowest BCUT2D eigenvalue weighted by molar-refractivity contribution is 0.711. The van der Waals surface area contributed by atoms with E-state index in [4.69, 9.17) is 4.98 Å². The van der Waals surface area contributed by atoms with E-state index in [9.17, 15) is 0 Å². The highest BCUT2D eigenvalue weighted by Crippen LogP contribution is 2.38. The number of hydrogen-bond donors (Lipinski definition) is 0. The van der Waals surface area contributed by atoms with Gasteiger partial charge in [0.1, 0.15) is 11.6 Å². The van der Waals surface area contributed by atoms with E-state index in [2.05, 4.69) is 60.8 Å². The first-order chi connectivity index (χ1) is 13.1. The molecule has 1 aliphatic rings. The molecular formula is C22H29N5. The molecule has 0 unspecified atom stereocenters. The molecule has 0 amide bonds. The van der Waals surface area contributed by atoms with E-state index in [0.29, 0.717) is 0 Å². The van der Waals surface area contributed by atoms with E-state index in [-0.39, 0.29) is 0 Å². The summed E-state index contributed by atoms with van der Waals surface area (Å²) in [6.45, 7) is 11.9. The topological polar surface area (TPSA) is 36.7 Å². The third kappa shape index (κ3) is 3.05. The molecule has 0 atom stereocenters. The molecule has 1 aromatic carbocycles. The molecule has 0 N–H and O–H groups in total. The molecule has 0 saturated carbocycles. The number of aryl methyl sites for hydroxylation is 1. The third-order valence-electron chi connectivity index (χ3n) is 5.39. The van der Waals surface area contributed by atoms with Crippen molar-refractivity contribution in [1.82, 2.24) is 14.6 Å². The number of aromatic nitrogens is 3. The second kappa shape index (κ2) is 7.22. The fourth-order valence-electron chi connectivity index (χ4n) is 4.24. The van der Waals surface area contributed by atoms with Gasteiger partial charge in [0.25, 0.3) is 0 Å². The van der Waals surface area contributed by atoms with Crippen molar-refractivity contribution in [2.45, 2.75) is 47.0 Å². The lowest BCUT2D eigenvalue weighted by Gasteiger charge is -2.29. The van der Waals surface area contributed by atoms with Crippen LogP contribution in [0.25, 0.3) is 5.65 Å². The molecule has 0 bridgehead atoms. The van der Waals surface area contributed by atoms with Crippen LogP contribution in [-0.2, 0) is 6.42 Å². The highest BCUT2D eigenvalue weighted by Gasteiger charge is 2.26. The minimum Gasteiger partial charge on any atom is -0.356 e. The van der Waals surface area contributed by atoms with Crippen LogP contribution in [0.15, 0.2) is 30.5 Å². The predicted octanol–water partition coefficient (Wildman–Crippen LogP) is 4.67. The molecule has 4 rings (SSSR count). The Labute approximate surface area is 161 Å². The van der Waals surface area contributed by atoms with Crippen LogP contribution in [-0.4, -0.2) is 34.2 Å². The zero-order valence-electron chi connectivity index (χ0n) is 16.9. The second-order valence-electron chi connectivity index (χ2n) is 7.51. The molecule has 5 heteroatoms. The largest absolute Gasteiger partial charge is 0.356 e. The summed E-state index contributed by atoms with van der Waals surface area (Å²) in [6.07, 6.45) is 5.16. The number of rotatable bonds is 6. The van der Waals surface area contributed by atoms with Crippen LogP contribution in [0.3, 0.4) is 0 Å². The molecule has 0 radical (unpaired) electrons. The Balaban J connectivity index is 1.87. The van der Waals surface area contributed by atoms with Gasteiger partial charge in [0.2, 0.25) is 0 Å². The van der Waals surface area contributed by atoms with Crippen molar-refractivity contribution in [3.63, 3.8) is 0 Å². The molecule has 3 aromatic rings. The molecule has 0 fully saturated rings. The molecular weight excluding hydrogens is 334 g/mol. The summed E-state index contributed by atoms with van der Waals surface area (Å²) < 4.78 is 2.01. The summed E-state index contributed by atoms with van der Waals surface area (Å²) >= 11 is 0. The minimum absolute atomic E-state index is 0.920. The lowest BCUT2D eigenvalue weighted by atomic mass is 10.1. The van der Waals surface area contributed by atoms with Crippen molar-refractivity contribution in [2.75, 3.05) is 29.4 Å². The van der Waals surface area contributed by atoms with Crippen LogP contribution >= 0.6 is 0 Å². The maximum atomic E-state index is 5.00. The van der Waals surface area contributed by atoms with E-state index in [1.54, 1.807) is 0 Å². The first-order valence-corrected chi connectivity index (χ1v) is 10.1. The fraction of sp³-hybridized carbons (Fsp3) is 0.455. The van der Waals surface area contributed by atoms with Crippen molar-refractivity contribution < 1.29 is 0 Å². The van der Waals surface area contributed by atoms with Gasteiger partial charge in [0.05, 0.1) is 6.20 Å². The number of anilines is 3. The van der Waals surface area contributed by atoms with Crippen LogP contribution in [0.1, 0.15) is 43.4 Å². The van der Waals surface area contributed by atoms with Gasteiger partial charge in [0.15, 0.2) is 5.65 Å². The normalized spacial score (nSPS) is 13.4. The van der Waals surface area contributed by atoms with Crippen molar-refractivity contribution in [3.8, 4) is 0 Å². The Bertz CT molecular complexity index is 953. The van der Waals surface area contributed by atoms with Crippen LogP contribution in [0, 0.1) is 13.8 Å². The average molecular weight is 364 g/mol. The number of nitrogens with zero attached hydrogens (tertiary/aromatic N) is 5. The standard InChI is InChI=1S/C22H29N5/c1-5-12-25(13-6-2)22-17(4)21(24-20-9-11-23-27(20)22)26-14-10-18-15-16(3)7-8-19(18)26/h7-9,11,15H,5-6,10,12-14H2,1-4H3. The van der Waals surface area contributed by atoms with Gasteiger partial charge in [-0.2, -0.15) is 9.61 Å². The summed E-state index contributed by atoms with van der Waals surface area (Å²) in [5.41, 5.74) is 6.17. The number of fused-ring (bicyclic) bond motifs is 2. The first-order valence-electron chi connectivity index (χ1n) is 10.1. The highest BCUT2D eigenvalue weighted by molar-refractivity contribution is 5.75. The van der Waals surface area contributed by atoms with Gasteiger partial charge in [-0.3, -0.25) is 0 Å². The van der Waals surface area contributed by atoms with Gasteiger partial charge in [-0.15, -0.1) is 0 Å². The highest BCUT2D eigenvalue weighted by atomic mass is 15.4.